The molecule has 2 aromatic carbocycles. The molecule has 6 heteroatoms. The average Bonchev–Trinajstić information content (AvgIpc) is 2.75. The van der Waals surface area contributed by atoms with Gasteiger partial charge in [0, 0.05) is 43.6 Å². The van der Waals surface area contributed by atoms with Gasteiger partial charge in [-0.05, 0) is 43.7 Å². The number of hydrogen-bond acceptors (Lipinski definition) is 5. The molecule has 6 nitrogen and oxygen atoms in total. The number of rotatable bonds is 4. The summed E-state index contributed by atoms with van der Waals surface area (Å²) in [6.07, 6.45) is 1.44. The highest BCUT2D eigenvalue weighted by atomic mass is 16.2. The van der Waals surface area contributed by atoms with Gasteiger partial charge in [-0.3, -0.25) is 4.79 Å². The number of carbonyl (C=O) groups is 1. The molecule has 3 aromatic rings. The Hall–Kier alpha value is -3.41. The smallest absolute Gasteiger partial charge is 0.272 e. The third-order valence-electron chi connectivity index (χ3n) is 5.14. The summed E-state index contributed by atoms with van der Waals surface area (Å²) in [5, 5.41) is 3.23. The Labute approximate surface area is 171 Å². The highest BCUT2D eigenvalue weighted by molar-refractivity contribution is 5.93. The number of benzene rings is 2. The molecule has 1 aromatic heterocycles. The molecule has 1 saturated heterocycles. The van der Waals surface area contributed by atoms with Gasteiger partial charge >= 0.3 is 0 Å². The topological polar surface area (TPSA) is 61.4 Å². The van der Waals surface area contributed by atoms with Gasteiger partial charge in [0.25, 0.3) is 5.91 Å². The number of carbonyl (C=O) groups excluding carboxylic acids is 1. The quantitative estimate of drug-likeness (QED) is 0.738. The third-order valence-corrected chi connectivity index (χ3v) is 5.14. The lowest BCUT2D eigenvalue weighted by molar-refractivity contribution is 0.0740. The van der Waals surface area contributed by atoms with Gasteiger partial charge in [-0.1, -0.05) is 29.8 Å². The zero-order valence-corrected chi connectivity index (χ0v) is 16.8. The van der Waals surface area contributed by atoms with Crippen molar-refractivity contribution in [1.29, 1.82) is 0 Å². The van der Waals surface area contributed by atoms with Crippen LogP contribution >= 0.6 is 0 Å². The molecule has 4 rings (SSSR count). The lowest BCUT2D eigenvalue weighted by Gasteiger charge is -2.36. The Balaban J connectivity index is 1.40. The zero-order chi connectivity index (χ0) is 20.2. The fourth-order valence-electron chi connectivity index (χ4n) is 3.48. The summed E-state index contributed by atoms with van der Waals surface area (Å²) >= 11 is 0. The molecule has 0 atom stereocenters. The standard InChI is InChI=1S/C23H25N5O/c1-17-6-8-19(9-7-17)26-22-15-21(24-16-25-22)23(29)28-12-10-27(11-13-28)20-5-3-4-18(2)14-20/h3-9,14-16H,10-13H2,1-2H3,(H,24,25,26). The maximum Gasteiger partial charge on any atom is 0.272 e. The van der Waals surface area contributed by atoms with Crippen molar-refractivity contribution in [2.45, 2.75) is 13.8 Å². The largest absolute Gasteiger partial charge is 0.368 e. The number of aryl methyl sites for hydroxylation is 2. The van der Waals surface area contributed by atoms with Gasteiger partial charge < -0.3 is 15.1 Å². The van der Waals surface area contributed by atoms with Gasteiger partial charge in [-0.25, -0.2) is 9.97 Å². The van der Waals surface area contributed by atoms with E-state index < -0.39 is 0 Å². The summed E-state index contributed by atoms with van der Waals surface area (Å²) in [6, 6.07) is 18.2. The van der Waals surface area contributed by atoms with Gasteiger partial charge in [0.2, 0.25) is 0 Å². The first-order chi connectivity index (χ1) is 14.1. The lowest BCUT2D eigenvalue weighted by atomic mass is 10.2. The van der Waals surface area contributed by atoms with Gasteiger partial charge in [0.05, 0.1) is 0 Å². The van der Waals surface area contributed by atoms with Crippen LogP contribution in [0.5, 0.6) is 0 Å². The number of hydrogen-bond donors (Lipinski definition) is 1. The maximum atomic E-state index is 12.9. The Bertz CT molecular complexity index is 994. The van der Waals surface area contributed by atoms with E-state index >= 15 is 0 Å². The van der Waals surface area contributed by atoms with E-state index in [1.165, 1.54) is 23.1 Å². The molecule has 2 heterocycles. The van der Waals surface area contributed by atoms with Crippen molar-refractivity contribution in [3.63, 3.8) is 0 Å². The number of amides is 1. The van der Waals surface area contributed by atoms with Gasteiger partial charge in [0.15, 0.2) is 0 Å². The van der Waals surface area contributed by atoms with E-state index in [1.54, 1.807) is 6.07 Å². The molecule has 1 N–H and O–H groups in total. The van der Waals surface area contributed by atoms with E-state index in [0.29, 0.717) is 24.6 Å². The lowest BCUT2D eigenvalue weighted by Crippen LogP contribution is -2.49. The van der Waals surface area contributed by atoms with Crippen molar-refractivity contribution in [1.82, 2.24) is 14.9 Å². The van der Waals surface area contributed by atoms with Crippen molar-refractivity contribution in [2.75, 3.05) is 36.4 Å². The van der Waals surface area contributed by atoms with Crippen LogP contribution in [0.1, 0.15) is 21.6 Å². The van der Waals surface area contributed by atoms with Crippen LogP contribution in [-0.4, -0.2) is 47.0 Å². The van der Waals surface area contributed by atoms with E-state index in [-0.39, 0.29) is 5.91 Å². The molecule has 0 bridgehead atoms. The fourth-order valence-corrected chi connectivity index (χ4v) is 3.48. The summed E-state index contributed by atoms with van der Waals surface area (Å²) in [4.78, 5) is 25.6. The van der Waals surface area contributed by atoms with E-state index in [0.717, 1.165) is 18.8 Å². The van der Waals surface area contributed by atoms with Crippen LogP contribution in [0, 0.1) is 13.8 Å². The molecule has 0 spiro atoms. The van der Waals surface area contributed by atoms with Gasteiger partial charge in [0.1, 0.15) is 17.8 Å². The van der Waals surface area contributed by atoms with Crippen molar-refractivity contribution in [3.05, 3.63) is 77.7 Å². The molecule has 1 amide bonds. The summed E-state index contributed by atoms with van der Waals surface area (Å²) in [7, 11) is 0. The minimum absolute atomic E-state index is 0.0525. The first kappa shape index (κ1) is 18.9. The molecule has 0 unspecified atom stereocenters. The predicted molar refractivity (Wildman–Crippen MR) is 116 cm³/mol. The SMILES string of the molecule is Cc1ccc(Nc2cc(C(=O)N3CCN(c4cccc(C)c4)CC3)ncn2)cc1. The van der Waals surface area contributed by atoms with E-state index in [2.05, 4.69) is 51.4 Å². The van der Waals surface area contributed by atoms with Gasteiger partial charge in [-0.15, -0.1) is 0 Å². The van der Waals surface area contributed by atoms with Crippen LogP contribution in [0.4, 0.5) is 17.2 Å². The second-order valence-electron chi connectivity index (χ2n) is 7.40. The molecule has 1 aliphatic heterocycles. The molecule has 148 valence electrons. The van der Waals surface area contributed by atoms with E-state index in [1.807, 2.05) is 36.1 Å². The molecule has 1 aliphatic rings. The van der Waals surface area contributed by atoms with Crippen LogP contribution in [0.15, 0.2) is 60.9 Å². The normalized spacial score (nSPS) is 14.0. The second kappa shape index (κ2) is 8.31. The number of piperazine rings is 1. The number of nitrogens with zero attached hydrogens (tertiary/aromatic N) is 4. The first-order valence-electron chi connectivity index (χ1n) is 9.85. The van der Waals surface area contributed by atoms with Crippen molar-refractivity contribution in [2.24, 2.45) is 0 Å². The summed E-state index contributed by atoms with van der Waals surface area (Å²) in [5.41, 5.74) is 5.00. The Morgan fingerprint density at radius 1 is 0.897 bits per heavy atom. The Morgan fingerprint density at radius 3 is 2.38 bits per heavy atom. The number of nitrogens with one attached hydrogen (secondary N) is 1. The number of anilines is 3. The molecule has 0 aliphatic carbocycles. The molecule has 29 heavy (non-hydrogen) atoms. The van der Waals surface area contributed by atoms with Crippen LogP contribution in [0.3, 0.4) is 0 Å². The molecule has 0 saturated carbocycles. The summed E-state index contributed by atoms with van der Waals surface area (Å²) in [5.74, 6) is 0.564. The summed E-state index contributed by atoms with van der Waals surface area (Å²) in [6.45, 7) is 7.13. The average molecular weight is 387 g/mol. The summed E-state index contributed by atoms with van der Waals surface area (Å²) < 4.78 is 0. The van der Waals surface area contributed by atoms with Crippen LogP contribution in [0.25, 0.3) is 0 Å². The Kier molecular flexibility index (Phi) is 5.42. The van der Waals surface area contributed by atoms with Crippen LogP contribution in [0.2, 0.25) is 0 Å². The molecule has 1 fully saturated rings. The number of aromatic nitrogens is 2. The second-order valence-corrected chi connectivity index (χ2v) is 7.40. The van der Waals surface area contributed by atoms with E-state index in [4.69, 9.17) is 0 Å². The monoisotopic (exact) mass is 387 g/mol. The van der Waals surface area contributed by atoms with Gasteiger partial charge in [-0.2, -0.15) is 0 Å². The maximum absolute atomic E-state index is 12.9. The van der Waals surface area contributed by atoms with Crippen molar-refractivity contribution >= 4 is 23.1 Å². The zero-order valence-electron chi connectivity index (χ0n) is 16.8. The minimum atomic E-state index is -0.0525. The van der Waals surface area contributed by atoms with Crippen LogP contribution in [-0.2, 0) is 0 Å². The first-order valence-corrected chi connectivity index (χ1v) is 9.85. The van der Waals surface area contributed by atoms with E-state index in [9.17, 15) is 4.79 Å². The fraction of sp³-hybridized carbons (Fsp3) is 0.261. The minimum Gasteiger partial charge on any atom is -0.368 e. The predicted octanol–water partition coefficient (Wildman–Crippen LogP) is 3.80. The Morgan fingerprint density at radius 2 is 1.66 bits per heavy atom. The molecule has 0 radical (unpaired) electrons. The molecular weight excluding hydrogens is 362 g/mol. The third kappa shape index (κ3) is 4.54. The highest BCUT2D eigenvalue weighted by Crippen LogP contribution is 2.19. The van der Waals surface area contributed by atoms with Crippen molar-refractivity contribution in [3.8, 4) is 0 Å². The molecular formula is C23H25N5O. The van der Waals surface area contributed by atoms with Crippen LogP contribution < -0.4 is 10.2 Å². The highest BCUT2D eigenvalue weighted by Gasteiger charge is 2.23. The van der Waals surface area contributed by atoms with Crippen molar-refractivity contribution < 1.29 is 4.79 Å².